The Morgan fingerprint density at radius 2 is 2.00 bits per heavy atom. The molecule has 4 nitrogen and oxygen atoms in total. The Morgan fingerprint density at radius 3 is 2.74 bits per heavy atom. The van der Waals surface area contributed by atoms with Crippen molar-refractivity contribution in [2.75, 3.05) is 0 Å². The number of hydrogen-bond acceptors (Lipinski definition) is 3. The highest BCUT2D eigenvalue weighted by Gasteiger charge is 2.21. The highest BCUT2D eigenvalue weighted by Crippen LogP contribution is 2.23. The monoisotopic (exact) mass is 256 g/mol. The third kappa shape index (κ3) is 2.54. The number of rotatable bonds is 3. The Kier molecular flexibility index (Phi) is 3.34. The van der Waals surface area contributed by atoms with E-state index in [4.69, 9.17) is 5.73 Å². The fourth-order valence-corrected chi connectivity index (χ4v) is 2.70. The summed E-state index contributed by atoms with van der Waals surface area (Å²) < 4.78 is 2.05. The second kappa shape index (κ2) is 5.13. The molecule has 0 fully saturated rings. The largest absolute Gasteiger partial charge is 0.326 e. The first-order valence-electron chi connectivity index (χ1n) is 6.95. The standard InChI is InChI=1S/C15H20N4/c1-11-2-7-15-14(8-11)17-18-19(15)10-13-5-3-12(9-16)4-6-13/h3-6,11H,2,7-10,16H2,1H3. The van der Waals surface area contributed by atoms with Crippen LogP contribution in [0.2, 0.25) is 0 Å². The third-order valence-corrected chi connectivity index (χ3v) is 3.92. The van der Waals surface area contributed by atoms with Gasteiger partial charge in [-0.2, -0.15) is 0 Å². The zero-order chi connectivity index (χ0) is 13.2. The summed E-state index contributed by atoms with van der Waals surface area (Å²) in [6.07, 6.45) is 3.41. The van der Waals surface area contributed by atoms with Gasteiger partial charge in [0.15, 0.2) is 0 Å². The lowest BCUT2D eigenvalue weighted by molar-refractivity contribution is 0.480. The molecule has 1 heterocycles. The van der Waals surface area contributed by atoms with E-state index in [2.05, 4.69) is 46.2 Å². The van der Waals surface area contributed by atoms with E-state index in [1.165, 1.54) is 23.4 Å². The molecule has 2 N–H and O–H groups in total. The van der Waals surface area contributed by atoms with Crippen LogP contribution in [0.1, 0.15) is 35.9 Å². The summed E-state index contributed by atoms with van der Waals surface area (Å²) in [6.45, 7) is 3.69. The molecule has 0 saturated carbocycles. The molecule has 0 spiro atoms. The summed E-state index contributed by atoms with van der Waals surface area (Å²) in [5, 5.41) is 8.64. The minimum atomic E-state index is 0.594. The van der Waals surface area contributed by atoms with Gasteiger partial charge in [-0.3, -0.25) is 0 Å². The molecule has 1 aromatic carbocycles. The number of benzene rings is 1. The molecule has 0 aliphatic heterocycles. The van der Waals surface area contributed by atoms with Crippen molar-refractivity contribution in [2.24, 2.45) is 11.7 Å². The average Bonchev–Trinajstić information content (AvgIpc) is 2.82. The Balaban J connectivity index is 1.79. The summed E-state index contributed by atoms with van der Waals surface area (Å²) in [4.78, 5) is 0. The van der Waals surface area contributed by atoms with E-state index in [0.29, 0.717) is 6.54 Å². The maximum absolute atomic E-state index is 5.61. The second-order valence-corrected chi connectivity index (χ2v) is 5.51. The summed E-state index contributed by atoms with van der Waals surface area (Å²) in [5.74, 6) is 0.737. The lowest BCUT2D eigenvalue weighted by atomic mass is 9.91. The van der Waals surface area contributed by atoms with Crippen LogP contribution in [0.5, 0.6) is 0 Å². The lowest BCUT2D eigenvalue weighted by Gasteiger charge is -2.17. The topological polar surface area (TPSA) is 56.7 Å². The Bertz CT molecular complexity index is 556. The van der Waals surface area contributed by atoms with E-state index < -0.39 is 0 Å². The van der Waals surface area contributed by atoms with Crippen LogP contribution in [0.3, 0.4) is 0 Å². The molecule has 0 saturated heterocycles. The minimum Gasteiger partial charge on any atom is -0.326 e. The summed E-state index contributed by atoms with van der Waals surface area (Å²) in [7, 11) is 0. The van der Waals surface area contributed by atoms with E-state index in [0.717, 1.165) is 30.9 Å². The first-order valence-corrected chi connectivity index (χ1v) is 6.95. The number of fused-ring (bicyclic) bond motifs is 1. The number of nitrogens with two attached hydrogens (primary N) is 1. The summed E-state index contributed by atoms with van der Waals surface area (Å²) in [6, 6.07) is 8.42. The fraction of sp³-hybridized carbons (Fsp3) is 0.467. The summed E-state index contributed by atoms with van der Waals surface area (Å²) >= 11 is 0. The van der Waals surface area contributed by atoms with Crippen molar-refractivity contribution in [3.05, 3.63) is 46.8 Å². The normalized spacial score (nSPS) is 18.3. The SMILES string of the molecule is CC1CCc2c(nnn2Cc2ccc(CN)cc2)C1. The van der Waals surface area contributed by atoms with E-state index in [1.54, 1.807) is 0 Å². The van der Waals surface area contributed by atoms with Crippen LogP contribution < -0.4 is 5.73 Å². The minimum absolute atomic E-state index is 0.594. The smallest absolute Gasteiger partial charge is 0.0861 e. The Labute approximate surface area is 113 Å². The molecule has 4 heteroatoms. The van der Waals surface area contributed by atoms with Gasteiger partial charge < -0.3 is 5.73 Å². The molecule has 19 heavy (non-hydrogen) atoms. The predicted molar refractivity (Wildman–Crippen MR) is 74.6 cm³/mol. The van der Waals surface area contributed by atoms with Crippen LogP contribution in [0, 0.1) is 5.92 Å². The number of nitrogens with zero attached hydrogens (tertiary/aromatic N) is 3. The molecule has 0 bridgehead atoms. The molecule has 0 radical (unpaired) electrons. The van der Waals surface area contributed by atoms with Gasteiger partial charge in [0, 0.05) is 6.54 Å². The molecule has 2 aromatic rings. The van der Waals surface area contributed by atoms with E-state index >= 15 is 0 Å². The van der Waals surface area contributed by atoms with Crippen molar-refractivity contribution >= 4 is 0 Å². The first-order chi connectivity index (χ1) is 9.26. The van der Waals surface area contributed by atoms with Crippen molar-refractivity contribution in [2.45, 2.75) is 39.3 Å². The van der Waals surface area contributed by atoms with Crippen LogP contribution in [-0.2, 0) is 25.9 Å². The fourth-order valence-electron chi connectivity index (χ4n) is 2.70. The molecular weight excluding hydrogens is 236 g/mol. The van der Waals surface area contributed by atoms with Crippen LogP contribution in [-0.4, -0.2) is 15.0 Å². The molecule has 0 amide bonds. The van der Waals surface area contributed by atoms with Crippen LogP contribution in [0.4, 0.5) is 0 Å². The molecule has 1 aromatic heterocycles. The van der Waals surface area contributed by atoms with Gasteiger partial charge >= 0.3 is 0 Å². The van der Waals surface area contributed by atoms with Gasteiger partial charge in [0.2, 0.25) is 0 Å². The quantitative estimate of drug-likeness (QED) is 0.912. The molecule has 1 unspecified atom stereocenters. The van der Waals surface area contributed by atoms with Gasteiger partial charge in [-0.15, -0.1) is 5.10 Å². The van der Waals surface area contributed by atoms with Gasteiger partial charge in [-0.1, -0.05) is 36.4 Å². The maximum atomic E-state index is 5.61. The lowest BCUT2D eigenvalue weighted by Crippen LogP contribution is -2.15. The van der Waals surface area contributed by atoms with Crippen LogP contribution in [0.25, 0.3) is 0 Å². The van der Waals surface area contributed by atoms with Crippen LogP contribution >= 0.6 is 0 Å². The van der Waals surface area contributed by atoms with Gasteiger partial charge in [-0.25, -0.2) is 4.68 Å². The zero-order valence-corrected chi connectivity index (χ0v) is 11.3. The first kappa shape index (κ1) is 12.4. The second-order valence-electron chi connectivity index (χ2n) is 5.51. The molecule has 1 aliphatic carbocycles. The summed E-state index contributed by atoms with van der Waals surface area (Å²) in [5.41, 5.74) is 10.5. The van der Waals surface area contributed by atoms with Crippen molar-refractivity contribution in [1.29, 1.82) is 0 Å². The predicted octanol–water partition coefficient (Wildman–Crippen LogP) is 1.91. The Hall–Kier alpha value is -1.68. The van der Waals surface area contributed by atoms with Crippen molar-refractivity contribution in [3.63, 3.8) is 0 Å². The van der Waals surface area contributed by atoms with Crippen molar-refractivity contribution in [3.8, 4) is 0 Å². The van der Waals surface area contributed by atoms with Crippen LogP contribution in [0.15, 0.2) is 24.3 Å². The van der Waals surface area contributed by atoms with E-state index in [1.807, 2.05) is 0 Å². The molecular formula is C15H20N4. The van der Waals surface area contributed by atoms with Gasteiger partial charge in [0.05, 0.1) is 17.9 Å². The van der Waals surface area contributed by atoms with Gasteiger partial charge in [0.1, 0.15) is 0 Å². The van der Waals surface area contributed by atoms with Crippen molar-refractivity contribution in [1.82, 2.24) is 15.0 Å². The molecule has 1 atom stereocenters. The maximum Gasteiger partial charge on any atom is 0.0861 e. The Morgan fingerprint density at radius 1 is 1.26 bits per heavy atom. The third-order valence-electron chi connectivity index (χ3n) is 3.92. The van der Waals surface area contributed by atoms with E-state index in [9.17, 15) is 0 Å². The molecule has 3 rings (SSSR count). The highest BCUT2D eigenvalue weighted by molar-refractivity contribution is 5.23. The van der Waals surface area contributed by atoms with E-state index in [-0.39, 0.29) is 0 Å². The average molecular weight is 256 g/mol. The van der Waals surface area contributed by atoms with Gasteiger partial charge in [-0.05, 0) is 36.3 Å². The number of hydrogen-bond donors (Lipinski definition) is 1. The van der Waals surface area contributed by atoms with Gasteiger partial charge in [0.25, 0.3) is 0 Å². The molecule has 100 valence electrons. The zero-order valence-electron chi connectivity index (χ0n) is 11.3. The number of aromatic nitrogens is 3. The van der Waals surface area contributed by atoms with Crippen molar-refractivity contribution < 1.29 is 0 Å². The molecule has 1 aliphatic rings. The highest BCUT2D eigenvalue weighted by atomic mass is 15.4.